The summed E-state index contributed by atoms with van der Waals surface area (Å²) in [5.41, 5.74) is 1.30. The second-order valence-electron chi connectivity index (χ2n) is 5.31. The average Bonchev–Trinajstić information content (AvgIpc) is 2.20. The summed E-state index contributed by atoms with van der Waals surface area (Å²) in [6.45, 7) is 6.75. The van der Waals surface area contributed by atoms with Crippen molar-refractivity contribution in [1.29, 1.82) is 0 Å². The molecular formula is C13H21ClN2. The zero-order valence-corrected chi connectivity index (χ0v) is 11.3. The van der Waals surface area contributed by atoms with Crippen LogP contribution in [0.15, 0.2) is 18.3 Å². The van der Waals surface area contributed by atoms with Crippen LogP contribution >= 0.6 is 11.6 Å². The average molecular weight is 241 g/mol. The van der Waals surface area contributed by atoms with Gasteiger partial charge in [0.2, 0.25) is 0 Å². The smallest absolute Gasteiger partial charge is 0.0758 e. The molecule has 0 saturated carbocycles. The third-order valence-electron chi connectivity index (χ3n) is 2.65. The summed E-state index contributed by atoms with van der Waals surface area (Å²) in [5, 5.41) is 4.03. The molecule has 0 saturated heterocycles. The molecule has 90 valence electrons. The summed E-state index contributed by atoms with van der Waals surface area (Å²) in [6.07, 6.45) is 3.99. The number of hydrogen-bond acceptors (Lipinski definition) is 2. The van der Waals surface area contributed by atoms with Gasteiger partial charge in [0.15, 0.2) is 0 Å². The van der Waals surface area contributed by atoms with Gasteiger partial charge in [-0.1, -0.05) is 32.4 Å². The lowest BCUT2D eigenvalue weighted by molar-refractivity contribution is 0.336. The molecule has 16 heavy (non-hydrogen) atoms. The Morgan fingerprint density at radius 2 is 2.12 bits per heavy atom. The number of aromatic nitrogens is 1. The highest BCUT2D eigenvalue weighted by Gasteiger charge is 2.18. The molecule has 0 aliphatic carbocycles. The van der Waals surface area contributed by atoms with Gasteiger partial charge >= 0.3 is 0 Å². The molecule has 1 N–H and O–H groups in total. The van der Waals surface area contributed by atoms with Crippen LogP contribution in [-0.4, -0.2) is 12.0 Å². The second kappa shape index (κ2) is 5.65. The standard InChI is InChI=1S/C13H21ClN2/c1-13(2,3)8-7-11(15-4)12-10(14)6-5-9-16-12/h5-6,9,11,15H,7-8H2,1-4H3. The summed E-state index contributed by atoms with van der Waals surface area (Å²) in [6, 6.07) is 4.00. The highest BCUT2D eigenvalue weighted by molar-refractivity contribution is 6.31. The molecule has 0 aromatic carbocycles. The van der Waals surface area contributed by atoms with Gasteiger partial charge in [0.25, 0.3) is 0 Å². The molecule has 0 amide bonds. The first-order valence-electron chi connectivity index (χ1n) is 5.72. The maximum absolute atomic E-state index is 6.15. The lowest BCUT2D eigenvalue weighted by Gasteiger charge is -2.23. The molecule has 0 fully saturated rings. The van der Waals surface area contributed by atoms with Crippen molar-refractivity contribution in [3.8, 4) is 0 Å². The molecule has 1 rings (SSSR count). The molecule has 1 atom stereocenters. The fourth-order valence-corrected chi connectivity index (χ4v) is 1.90. The van der Waals surface area contributed by atoms with Gasteiger partial charge in [0.05, 0.1) is 16.8 Å². The first kappa shape index (κ1) is 13.5. The van der Waals surface area contributed by atoms with E-state index in [2.05, 4.69) is 31.1 Å². The van der Waals surface area contributed by atoms with E-state index in [0.29, 0.717) is 5.41 Å². The summed E-state index contributed by atoms with van der Waals surface area (Å²) in [4.78, 5) is 4.36. The molecule has 0 aliphatic rings. The molecule has 1 unspecified atom stereocenters. The highest BCUT2D eigenvalue weighted by Crippen LogP contribution is 2.29. The van der Waals surface area contributed by atoms with Crippen LogP contribution in [0.2, 0.25) is 5.02 Å². The largest absolute Gasteiger partial charge is 0.312 e. The van der Waals surface area contributed by atoms with Gasteiger partial charge in [-0.25, -0.2) is 0 Å². The van der Waals surface area contributed by atoms with Crippen molar-refractivity contribution >= 4 is 11.6 Å². The second-order valence-corrected chi connectivity index (χ2v) is 5.72. The maximum Gasteiger partial charge on any atom is 0.0758 e. The highest BCUT2D eigenvalue weighted by atomic mass is 35.5. The molecule has 1 heterocycles. The van der Waals surface area contributed by atoms with E-state index in [1.165, 1.54) is 0 Å². The third-order valence-corrected chi connectivity index (χ3v) is 2.97. The first-order valence-corrected chi connectivity index (χ1v) is 6.09. The van der Waals surface area contributed by atoms with Crippen molar-refractivity contribution in [2.24, 2.45) is 5.41 Å². The number of nitrogens with zero attached hydrogens (tertiary/aromatic N) is 1. The van der Waals surface area contributed by atoms with Crippen LogP contribution in [0, 0.1) is 5.41 Å². The van der Waals surface area contributed by atoms with Crippen molar-refractivity contribution in [1.82, 2.24) is 10.3 Å². The van der Waals surface area contributed by atoms with Crippen molar-refractivity contribution in [2.45, 2.75) is 39.7 Å². The Labute approximate surface area is 103 Å². The summed E-state index contributed by atoms with van der Waals surface area (Å²) in [5.74, 6) is 0. The van der Waals surface area contributed by atoms with Gasteiger partial charge in [-0.05, 0) is 37.4 Å². The van der Waals surface area contributed by atoms with E-state index in [-0.39, 0.29) is 6.04 Å². The minimum absolute atomic E-state index is 0.243. The van der Waals surface area contributed by atoms with Crippen LogP contribution in [0.3, 0.4) is 0 Å². The normalized spacial score (nSPS) is 13.8. The topological polar surface area (TPSA) is 24.9 Å². The number of rotatable bonds is 4. The summed E-state index contributed by atoms with van der Waals surface area (Å²) in [7, 11) is 1.96. The van der Waals surface area contributed by atoms with Gasteiger partial charge in [-0.15, -0.1) is 0 Å². The summed E-state index contributed by atoms with van der Waals surface area (Å²) < 4.78 is 0. The van der Waals surface area contributed by atoms with Gasteiger partial charge in [-0.2, -0.15) is 0 Å². The molecule has 0 spiro atoms. The van der Waals surface area contributed by atoms with Crippen LogP contribution in [0.25, 0.3) is 0 Å². The molecule has 0 radical (unpaired) electrons. The van der Waals surface area contributed by atoms with Crippen LogP contribution in [0.1, 0.15) is 45.3 Å². The van der Waals surface area contributed by atoms with Crippen molar-refractivity contribution < 1.29 is 0 Å². The minimum atomic E-state index is 0.243. The number of hydrogen-bond donors (Lipinski definition) is 1. The summed E-state index contributed by atoms with van der Waals surface area (Å²) >= 11 is 6.15. The molecule has 3 heteroatoms. The Kier molecular flexibility index (Phi) is 4.75. The maximum atomic E-state index is 6.15. The Morgan fingerprint density at radius 3 is 2.62 bits per heavy atom. The Morgan fingerprint density at radius 1 is 1.44 bits per heavy atom. The van der Waals surface area contributed by atoms with E-state index >= 15 is 0 Å². The molecule has 2 nitrogen and oxygen atoms in total. The van der Waals surface area contributed by atoms with Crippen LogP contribution in [0.4, 0.5) is 0 Å². The van der Waals surface area contributed by atoms with E-state index < -0.39 is 0 Å². The Hall–Kier alpha value is -0.600. The fraction of sp³-hybridized carbons (Fsp3) is 0.615. The van der Waals surface area contributed by atoms with Gasteiger partial charge < -0.3 is 5.32 Å². The van der Waals surface area contributed by atoms with Crippen molar-refractivity contribution in [2.75, 3.05) is 7.05 Å². The SMILES string of the molecule is CNC(CCC(C)(C)C)c1ncccc1Cl. The lowest BCUT2D eigenvalue weighted by Crippen LogP contribution is -2.20. The third kappa shape index (κ3) is 4.11. The Bertz CT molecular complexity index is 331. The van der Waals surface area contributed by atoms with Crippen LogP contribution < -0.4 is 5.32 Å². The predicted molar refractivity (Wildman–Crippen MR) is 69.7 cm³/mol. The first-order chi connectivity index (χ1) is 7.44. The zero-order chi connectivity index (χ0) is 12.2. The minimum Gasteiger partial charge on any atom is -0.312 e. The predicted octanol–water partition coefficient (Wildman–Crippen LogP) is 3.82. The fourth-order valence-electron chi connectivity index (χ4n) is 1.65. The lowest BCUT2D eigenvalue weighted by atomic mass is 9.88. The van der Waals surface area contributed by atoms with E-state index in [4.69, 9.17) is 11.6 Å². The van der Waals surface area contributed by atoms with E-state index in [1.54, 1.807) is 6.20 Å². The monoisotopic (exact) mass is 240 g/mol. The number of pyridine rings is 1. The Balaban J connectivity index is 2.72. The van der Waals surface area contributed by atoms with E-state index in [9.17, 15) is 0 Å². The molecule has 0 aliphatic heterocycles. The number of nitrogens with one attached hydrogen (secondary N) is 1. The van der Waals surface area contributed by atoms with Gasteiger partial charge in [0.1, 0.15) is 0 Å². The van der Waals surface area contributed by atoms with Crippen LogP contribution in [-0.2, 0) is 0 Å². The molecule has 1 aromatic rings. The van der Waals surface area contributed by atoms with Gasteiger partial charge in [0, 0.05) is 6.20 Å². The quantitative estimate of drug-likeness (QED) is 0.866. The van der Waals surface area contributed by atoms with Crippen molar-refractivity contribution in [3.05, 3.63) is 29.0 Å². The van der Waals surface area contributed by atoms with Gasteiger partial charge in [-0.3, -0.25) is 4.98 Å². The van der Waals surface area contributed by atoms with E-state index in [1.807, 2.05) is 19.2 Å². The van der Waals surface area contributed by atoms with Crippen molar-refractivity contribution in [3.63, 3.8) is 0 Å². The number of halogens is 1. The molecular weight excluding hydrogens is 220 g/mol. The zero-order valence-electron chi connectivity index (χ0n) is 10.5. The van der Waals surface area contributed by atoms with Crippen LogP contribution in [0.5, 0.6) is 0 Å². The molecule has 1 aromatic heterocycles. The van der Waals surface area contributed by atoms with E-state index in [0.717, 1.165) is 23.6 Å². The molecule has 0 bridgehead atoms.